The minimum Gasteiger partial charge on any atom is -0.497 e. The third kappa shape index (κ3) is 16.6. The number of Topliss-reactive ketones (excluding diaryl/α,β-unsaturated/α-hetero) is 1. The number of carbonyl (C=O) groups is 2. The topological polar surface area (TPSA) is 139 Å². The number of carbonyl (C=O) groups excluding carboxylic acids is 2. The number of halogens is 2. The number of nitrogens with one attached hydrogen (secondary N) is 1. The number of likely N-dealkylation sites (tertiary alicyclic amines) is 1. The number of ketones is 1. The van der Waals surface area contributed by atoms with Crippen LogP contribution < -0.4 is 16.0 Å². The molecule has 0 radical (unpaired) electrons. The summed E-state index contributed by atoms with van der Waals surface area (Å²) in [4.78, 5) is 42.9. The lowest BCUT2D eigenvalue weighted by Crippen LogP contribution is -2.44. The van der Waals surface area contributed by atoms with E-state index in [1.54, 1.807) is 30.0 Å². The first-order valence-corrected chi connectivity index (χ1v) is 17.5. The fourth-order valence-electron chi connectivity index (χ4n) is 4.98. The number of amides is 1. The molecule has 2 heterocycles. The van der Waals surface area contributed by atoms with Gasteiger partial charge in [0.25, 0.3) is 11.5 Å². The number of rotatable bonds is 10. The average molecular weight is 675 g/mol. The maximum absolute atomic E-state index is 14.3. The minimum absolute atomic E-state index is 0. The van der Waals surface area contributed by atoms with Crippen molar-refractivity contribution in [3.05, 3.63) is 34.2 Å². The Kier molecular flexibility index (Phi) is 29.0. The molecule has 1 saturated heterocycles. The highest BCUT2D eigenvalue weighted by atomic mass is 19.3. The normalized spacial score (nSPS) is 16.0. The number of hydrogen-bond donors (Lipinski definition) is 3. The highest BCUT2D eigenvalue weighted by Gasteiger charge is 2.38. The molecule has 2 aromatic rings. The number of ether oxygens (including phenoxy) is 1. The van der Waals surface area contributed by atoms with Crippen molar-refractivity contribution < 1.29 is 29.6 Å². The lowest BCUT2D eigenvalue weighted by atomic mass is 9.95. The number of unbranched alkanes of at least 4 members (excludes halogenated alkanes) is 1. The number of methoxy groups -OCH3 is 1. The summed E-state index contributed by atoms with van der Waals surface area (Å²) in [5, 5.41) is 7.00. The summed E-state index contributed by atoms with van der Waals surface area (Å²) in [5.41, 5.74) is 4.49. The van der Waals surface area contributed by atoms with Crippen LogP contribution in [0.4, 0.5) is 8.78 Å². The van der Waals surface area contributed by atoms with Crippen molar-refractivity contribution >= 4 is 22.7 Å². The van der Waals surface area contributed by atoms with Crippen LogP contribution in [-0.2, 0) is 15.5 Å². The molecule has 0 spiro atoms. The van der Waals surface area contributed by atoms with Gasteiger partial charge in [-0.25, -0.2) is 4.98 Å². The highest BCUT2D eigenvalue weighted by Crippen LogP contribution is 2.36. The van der Waals surface area contributed by atoms with E-state index in [9.17, 15) is 23.2 Å². The van der Waals surface area contributed by atoms with E-state index in [0.29, 0.717) is 35.7 Å². The number of fused-ring (bicyclic) bond motifs is 1. The Morgan fingerprint density at radius 2 is 1.64 bits per heavy atom. The van der Waals surface area contributed by atoms with Crippen molar-refractivity contribution in [1.82, 2.24) is 14.9 Å². The molecular weight excluding hydrogens is 606 g/mol. The molecule has 4 N–H and O–H groups in total. The van der Waals surface area contributed by atoms with Crippen molar-refractivity contribution in [2.24, 2.45) is 17.6 Å². The van der Waals surface area contributed by atoms with Gasteiger partial charge in [0.1, 0.15) is 5.75 Å². The number of nitrogens with zero attached hydrogens (tertiary/aromatic N) is 2. The first-order chi connectivity index (χ1) is 22.6. The van der Waals surface area contributed by atoms with Crippen LogP contribution in [0, 0.1) is 11.8 Å². The zero-order valence-corrected chi connectivity index (χ0v) is 31.3. The number of hydrogen-bond acceptors (Lipinski definition) is 7. The molecule has 47 heavy (non-hydrogen) atoms. The number of aromatic nitrogens is 2. The number of alkyl halides is 2. The Morgan fingerprint density at radius 1 is 1.06 bits per heavy atom. The van der Waals surface area contributed by atoms with E-state index in [4.69, 9.17) is 15.6 Å². The summed E-state index contributed by atoms with van der Waals surface area (Å²) < 4.78 is 33.7. The van der Waals surface area contributed by atoms with Crippen LogP contribution in [0.25, 0.3) is 11.0 Å². The van der Waals surface area contributed by atoms with Gasteiger partial charge in [-0.1, -0.05) is 94.4 Å². The molecule has 0 bridgehead atoms. The summed E-state index contributed by atoms with van der Waals surface area (Å²) in [6, 6.07) is 4.54. The fraction of sp³-hybridized carbons (Fsp3) is 0.722. The second-order valence-corrected chi connectivity index (χ2v) is 9.99. The first-order valence-electron chi connectivity index (χ1n) is 17.5. The van der Waals surface area contributed by atoms with Gasteiger partial charge in [0.2, 0.25) is 5.91 Å². The Hall–Kier alpha value is -2.92. The third-order valence-corrected chi connectivity index (χ3v) is 7.25. The van der Waals surface area contributed by atoms with Crippen LogP contribution in [0.15, 0.2) is 23.0 Å². The van der Waals surface area contributed by atoms with E-state index >= 15 is 0 Å². The van der Waals surface area contributed by atoms with Crippen molar-refractivity contribution in [2.75, 3.05) is 27.3 Å². The summed E-state index contributed by atoms with van der Waals surface area (Å²) in [7, 11) is 2.50. The monoisotopic (exact) mass is 675 g/mol. The van der Waals surface area contributed by atoms with Gasteiger partial charge in [-0.3, -0.25) is 14.4 Å². The minimum atomic E-state index is -3.20. The number of H-pyrrole nitrogens is 1. The highest BCUT2D eigenvalue weighted by molar-refractivity contribution is 5.89. The van der Waals surface area contributed by atoms with Crippen LogP contribution in [0.3, 0.4) is 0 Å². The second kappa shape index (κ2) is 28.1. The van der Waals surface area contributed by atoms with Crippen molar-refractivity contribution in [1.29, 1.82) is 0 Å². The zero-order chi connectivity index (χ0) is 37.2. The van der Waals surface area contributed by atoms with E-state index in [1.807, 2.05) is 55.4 Å². The van der Waals surface area contributed by atoms with Crippen LogP contribution in [-0.4, -0.2) is 65.0 Å². The quantitative estimate of drug-likeness (QED) is 0.216. The molecule has 0 unspecified atom stereocenters. The summed E-state index contributed by atoms with van der Waals surface area (Å²) in [6.07, 6.45) is 6.19. The van der Waals surface area contributed by atoms with Crippen molar-refractivity contribution in [2.45, 2.75) is 133 Å². The Balaban J connectivity index is -0.000000335. The number of benzene rings is 1. The molecule has 9 nitrogen and oxygen atoms in total. The molecule has 2 aliphatic rings. The molecule has 1 aliphatic heterocycles. The van der Waals surface area contributed by atoms with Crippen LogP contribution in [0.2, 0.25) is 0 Å². The van der Waals surface area contributed by atoms with Crippen molar-refractivity contribution in [3.63, 3.8) is 0 Å². The van der Waals surface area contributed by atoms with Gasteiger partial charge in [0.15, 0.2) is 11.5 Å². The molecule has 2 fully saturated rings. The zero-order valence-electron chi connectivity index (χ0n) is 31.3. The van der Waals surface area contributed by atoms with Crippen LogP contribution in [0.1, 0.15) is 128 Å². The fourth-order valence-corrected chi connectivity index (χ4v) is 4.98. The number of nitrogens with two attached hydrogens (primary N) is 1. The maximum atomic E-state index is 14.3. The molecular formula is C36H68F2N4O5. The smallest absolute Gasteiger partial charge is 0.295 e. The molecule has 11 heteroatoms. The molecule has 4 rings (SSSR count). The number of aromatic amines is 1. The van der Waals surface area contributed by atoms with E-state index in [2.05, 4.69) is 16.9 Å². The van der Waals surface area contributed by atoms with Gasteiger partial charge in [-0.05, 0) is 43.7 Å². The van der Waals surface area contributed by atoms with Gasteiger partial charge in [-0.15, -0.1) is 0 Å². The predicted molar refractivity (Wildman–Crippen MR) is 193 cm³/mol. The molecule has 1 saturated carbocycles. The number of aliphatic hydroxyl groups excluding tert-OH is 1. The summed E-state index contributed by atoms with van der Waals surface area (Å²) in [5.74, 6) is -1.64. The van der Waals surface area contributed by atoms with Crippen LogP contribution in [0.5, 0.6) is 5.75 Å². The summed E-state index contributed by atoms with van der Waals surface area (Å²) >= 11 is 0. The largest absolute Gasteiger partial charge is 0.497 e. The van der Waals surface area contributed by atoms with Crippen molar-refractivity contribution in [3.8, 4) is 5.75 Å². The van der Waals surface area contributed by atoms with E-state index < -0.39 is 17.2 Å². The Bertz CT molecular complexity index is 1160. The van der Waals surface area contributed by atoms with E-state index in [1.165, 1.54) is 20.0 Å². The van der Waals surface area contributed by atoms with Gasteiger partial charge >= 0.3 is 0 Å². The Morgan fingerprint density at radius 3 is 2.11 bits per heavy atom. The molecule has 1 amide bonds. The van der Waals surface area contributed by atoms with Gasteiger partial charge in [0.05, 0.1) is 30.7 Å². The second-order valence-electron chi connectivity index (χ2n) is 9.99. The molecule has 276 valence electrons. The Labute approximate surface area is 284 Å². The SMILES string of the molecule is CC.CC.CC.CC.CC[C@@H]1CCN(C(=O)CN)[C@@H]1C(C)=O.CO.COc1ccc2nc(C(F)(F)CCCCC3CC3)c(=O)[nH]c2c1.[HH]. The van der Waals surface area contributed by atoms with Crippen LogP contribution >= 0.6 is 0 Å². The number of aliphatic hydroxyl groups is 1. The predicted octanol–water partition coefficient (Wildman–Crippen LogP) is 8.11. The summed E-state index contributed by atoms with van der Waals surface area (Å²) in [6.45, 7) is 20.3. The molecule has 1 aromatic carbocycles. The van der Waals surface area contributed by atoms with Gasteiger partial charge < -0.3 is 25.5 Å². The molecule has 2 atom stereocenters. The lowest BCUT2D eigenvalue weighted by Gasteiger charge is -2.25. The van der Waals surface area contributed by atoms with E-state index in [-0.39, 0.29) is 32.1 Å². The molecule has 1 aromatic heterocycles. The maximum Gasteiger partial charge on any atom is 0.295 e. The molecule has 1 aliphatic carbocycles. The third-order valence-electron chi connectivity index (χ3n) is 7.25. The van der Waals surface area contributed by atoms with Gasteiger partial charge in [-0.2, -0.15) is 8.78 Å². The first kappa shape index (κ1) is 48.5. The van der Waals surface area contributed by atoms with Gasteiger partial charge in [0, 0.05) is 27.6 Å². The standard InChI is InChI=1S/C17H20F2N2O2.C10H18N2O2.4C2H6.CH4O.H2/c1-23-12-7-8-13-14(10-12)21-16(22)15(20-13)17(18,19)9-3-2-4-11-5-6-11;1-3-8-4-5-12(9(14)6-11)10(8)7(2)13;5*1-2;/h7-8,10-11H,2-6,9H2,1H3,(H,21,22);8,10H,3-6,11H2,1-2H3;4*1-2H3;2H,1H3;1H/t;8-,10-;;;;;;/m.1....../s1. The van der Waals surface area contributed by atoms with E-state index in [0.717, 1.165) is 38.7 Å². The average Bonchev–Trinajstić information content (AvgIpc) is 3.85. The lowest BCUT2D eigenvalue weighted by molar-refractivity contribution is -0.136.